The third kappa shape index (κ3) is 4.40. The van der Waals surface area contributed by atoms with Gasteiger partial charge in [-0.25, -0.2) is 4.98 Å². The van der Waals surface area contributed by atoms with Crippen LogP contribution < -0.4 is 5.32 Å². The number of furan rings is 1. The molecule has 2 aromatic rings. The Kier molecular flexibility index (Phi) is 5.71. The molecule has 0 aliphatic carbocycles. The molecule has 0 radical (unpaired) electrons. The smallest absolute Gasteiger partial charge is 0.289 e. The van der Waals surface area contributed by atoms with E-state index in [9.17, 15) is 4.79 Å². The van der Waals surface area contributed by atoms with E-state index in [0.717, 1.165) is 32.1 Å². The van der Waals surface area contributed by atoms with Crippen LogP contribution in [0, 0.1) is 0 Å². The molecule has 1 aliphatic heterocycles. The topological polar surface area (TPSA) is 78.9 Å². The Morgan fingerprint density at radius 1 is 1.32 bits per heavy atom. The van der Waals surface area contributed by atoms with Crippen molar-refractivity contribution in [1.82, 2.24) is 24.7 Å². The lowest BCUT2D eigenvalue weighted by Crippen LogP contribution is -2.53. The molecule has 0 atom stereocenters. The second-order valence-electron chi connectivity index (χ2n) is 5.79. The van der Waals surface area contributed by atoms with Gasteiger partial charge >= 0.3 is 0 Å². The molecule has 0 unspecified atom stereocenters. The van der Waals surface area contributed by atoms with Gasteiger partial charge in [0.2, 0.25) is 0 Å². The molecule has 8 nitrogen and oxygen atoms in total. The van der Waals surface area contributed by atoms with E-state index in [0.29, 0.717) is 25.4 Å². The first kappa shape index (κ1) is 17.1. The Hall–Kier alpha value is -2.77. The van der Waals surface area contributed by atoms with E-state index < -0.39 is 0 Å². The summed E-state index contributed by atoms with van der Waals surface area (Å²) in [7, 11) is 0. The highest BCUT2D eigenvalue weighted by Gasteiger charge is 2.25. The summed E-state index contributed by atoms with van der Waals surface area (Å²) in [5, 5.41) is 3.33. The van der Waals surface area contributed by atoms with Gasteiger partial charge in [-0.1, -0.05) is 0 Å². The minimum Gasteiger partial charge on any atom is -0.459 e. The molecule has 8 heteroatoms. The Morgan fingerprint density at radius 2 is 2.12 bits per heavy atom. The Morgan fingerprint density at radius 3 is 2.76 bits per heavy atom. The van der Waals surface area contributed by atoms with Crippen LogP contribution in [-0.4, -0.2) is 70.5 Å². The number of guanidine groups is 1. The molecule has 1 N–H and O–H groups in total. The summed E-state index contributed by atoms with van der Waals surface area (Å²) in [6.07, 6.45) is 7.02. The van der Waals surface area contributed by atoms with Crippen LogP contribution in [0.25, 0.3) is 0 Å². The van der Waals surface area contributed by atoms with Crippen LogP contribution >= 0.6 is 0 Å². The molecule has 1 amide bonds. The fourth-order valence-electron chi connectivity index (χ4n) is 2.79. The van der Waals surface area contributed by atoms with Crippen molar-refractivity contribution in [2.75, 3.05) is 39.3 Å². The minimum absolute atomic E-state index is 0.0494. The SMILES string of the molecule is CCNC(=NCCn1ccnc1)N1CCN(C(=O)c2ccco2)CC1. The zero-order valence-electron chi connectivity index (χ0n) is 14.5. The third-order valence-electron chi connectivity index (χ3n) is 4.11. The number of hydrogen-bond acceptors (Lipinski definition) is 4. The second kappa shape index (κ2) is 8.36. The van der Waals surface area contributed by atoms with Crippen LogP contribution in [-0.2, 0) is 6.54 Å². The molecule has 0 aromatic carbocycles. The van der Waals surface area contributed by atoms with Gasteiger partial charge in [0.25, 0.3) is 5.91 Å². The van der Waals surface area contributed by atoms with Crippen molar-refractivity contribution in [1.29, 1.82) is 0 Å². The van der Waals surface area contributed by atoms with E-state index >= 15 is 0 Å². The molecule has 0 spiro atoms. The van der Waals surface area contributed by atoms with E-state index in [4.69, 9.17) is 9.41 Å². The van der Waals surface area contributed by atoms with Crippen molar-refractivity contribution in [3.05, 3.63) is 42.9 Å². The van der Waals surface area contributed by atoms with E-state index in [1.807, 2.05) is 15.7 Å². The van der Waals surface area contributed by atoms with Crippen LogP contribution in [0.15, 0.2) is 46.5 Å². The molecule has 134 valence electrons. The highest BCUT2D eigenvalue weighted by molar-refractivity contribution is 5.91. The molecular weight excluding hydrogens is 320 g/mol. The molecule has 2 aromatic heterocycles. The summed E-state index contributed by atoms with van der Waals surface area (Å²) < 4.78 is 7.21. The van der Waals surface area contributed by atoms with Gasteiger partial charge in [0.15, 0.2) is 11.7 Å². The number of carbonyl (C=O) groups is 1. The molecular formula is C17H24N6O2. The highest BCUT2D eigenvalue weighted by atomic mass is 16.3. The van der Waals surface area contributed by atoms with E-state index in [1.165, 1.54) is 6.26 Å². The van der Waals surface area contributed by atoms with Gasteiger partial charge in [-0.05, 0) is 19.1 Å². The quantitative estimate of drug-likeness (QED) is 0.644. The number of nitrogens with one attached hydrogen (secondary N) is 1. The summed E-state index contributed by atoms with van der Waals surface area (Å²) >= 11 is 0. The first-order valence-electron chi connectivity index (χ1n) is 8.59. The predicted octanol–water partition coefficient (Wildman–Crippen LogP) is 0.900. The lowest BCUT2D eigenvalue weighted by Gasteiger charge is -2.36. The van der Waals surface area contributed by atoms with Crippen molar-refractivity contribution in [3.8, 4) is 0 Å². The number of aliphatic imine (C=N–C) groups is 1. The average Bonchev–Trinajstić information content (AvgIpc) is 3.34. The van der Waals surface area contributed by atoms with Crippen molar-refractivity contribution in [3.63, 3.8) is 0 Å². The van der Waals surface area contributed by atoms with Crippen molar-refractivity contribution >= 4 is 11.9 Å². The number of piperazine rings is 1. The first-order chi connectivity index (χ1) is 12.3. The Bertz CT molecular complexity index is 672. The van der Waals surface area contributed by atoms with Gasteiger partial charge in [-0.15, -0.1) is 0 Å². The maximum absolute atomic E-state index is 12.3. The molecule has 1 fully saturated rings. The van der Waals surface area contributed by atoms with Crippen LogP contribution in [0.2, 0.25) is 0 Å². The number of carbonyl (C=O) groups excluding carboxylic acids is 1. The summed E-state index contributed by atoms with van der Waals surface area (Å²) in [5.41, 5.74) is 0. The van der Waals surface area contributed by atoms with Gasteiger partial charge < -0.3 is 24.1 Å². The standard InChI is InChI=1S/C17H24N6O2/c1-2-19-17(20-6-8-21-7-5-18-14-21)23-11-9-22(10-12-23)16(24)15-4-3-13-25-15/h3-5,7,13-14H,2,6,8-12H2,1H3,(H,19,20). The Labute approximate surface area is 147 Å². The lowest BCUT2D eigenvalue weighted by molar-refractivity contribution is 0.0657. The van der Waals surface area contributed by atoms with Crippen LogP contribution in [0.3, 0.4) is 0 Å². The molecule has 0 bridgehead atoms. The molecule has 3 rings (SSSR count). The Balaban J connectivity index is 1.53. The fraction of sp³-hybridized carbons (Fsp3) is 0.471. The van der Waals surface area contributed by atoms with Crippen LogP contribution in [0.1, 0.15) is 17.5 Å². The number of amides is 1. The van der Waals surface area contributed by atoms with E-state index in [-0.39, 0.29) is 5.91 Å². The van der Waals surface area contributed by atoms with Crippen molar-refractivity contribution in [2.24, 2.45) is 4.99 Å². The van der Waals surface area contributed by atoms with Crippen LogP contribution in [0.4, 0.5) is 0 Å². The molecule has 0 saturated carbocycles. The number of rotatable bonds is 5. The maximum Gasteiger partial charge on any atom is 0.289 e. The first-order valence-corrected chi connectivity index (χ1v) is 8.59. The van der Waals surface area contributed by atoms with Gasteiger partial charge in [-0.2, -0.15) is 0 Å². The van der Waals surface area contributed by atoms with E-state index in [2.05, 4.69) is 22.1 Å². The lowest BCUT2D eigenvalue weighted by atomic mass is 10.3. The third-order valence-corrected chi connectivity index (χ3v) is 4.11. The van der Waals surface area contributed by atoms with Gasteiger partial charge in [0.1, 0.15) is 0 Å². The molecule has 1 aliphatic rings. The van der Waals surface area contributed by atoms with Crippen LogP contribution in [0.5, 0.6) is 0 Å². The largest absolute Gasteiger partial charge is 0.459 e. The zero-order chi connectivity index (χ0) is 17.5. The molecule has 1 saturated heterocycles. The predicted molar refractivity (Wildman–Crippen MR) is 94.4 cm³/mol. The van der Waals surface area contributed by atoms with Crippen molar-refractivity contribution in [2.45, 2.75) is 13.5 Å². The van der Waals surface area contributed by atoms with Crippen molar-refractivity contribution < 1.29 is 9.21 Å². The number of imidazole rings is 1. The highest BCUT2D eigenvalue weighted by Crippen LogP contribution is 2.09. The summed E-state index contributed by atoms with van der Waals surface area (Å²) in [5.74, 6) is 1.24. The van der Waals surface area contributed by atoms with Gasteiger partial charge in [-0.3, -0.25) is 9.79 Å². The minimum atomic E-state index is -0.0494. The summed E-state index contributed by atoms with van der Waals surface area (Å²) in [6.45, 7) is 7.18. The normalized spacial score (nSPS) is 15.5. The van der Waals surface area contributed by atoms with E-state index in [1.54, 1.807) is 24.7 Å². The maximum atomic E-state index is 12.3. The zero-order valence-corrected chi connectivity index (χ0v) is 14.5. The number of nitrogens with zero attached hydrogens (tertiary/aromatic N) is 5. The second-order valence-corrected chi connectivity index (χ2v) is 5.79. The molecule has 3 heterocycles. The van der Waals surface area contributed by atoms with Gasteiger partial charge in [0, 0.05) is 51.7 Å². The summed E-state index contributed by atoms with van der Waals surface area (Å²) in [4.78, 5) is 25.1. The monoisotopic (exact) mass is 344 g/mol. The molecule has 25 heavy (non-hydrogen) atoms. The number of hydrogen-bond donors (Lipinski definition) is 1. The summed E-state index contributed by atoms with van der Waals surface area (Å²) in [6, 6.07) is 3.44. The fourth-order valence-corrected chi connectivity index (χ4v) is 2.79. The number of aromatic nitrogens is 2. The van der Waals surface area contributed by atoms with Gasteiger partial charge in [0.05, 0.1) is 19.1 Å². The average molecular weight is 344 g/mol.